The Morgan fingerprint density at radius 3 is 2.10 bits per heavy atom. The van der Waals surface area contributed by atoms with Crippen molar-refractivity contribution >= 4 is 29.6 Å². The number of carbonyl (C=O) groups is 5. The predicted octanol–water partition coefficient (Wildman–Crippen LogP) is 3.21. The number of Topliss-reactive ketones (excluding diaryl/α,β-unsaturated/α-hetero) is 1. The van der Waals surface area contributed by atoms with Crippen molar-refractivity contribution in [2.45, 2.75) is 128 Å². The van der Waals surface area contributed by atoms with Crippen LogP contribution in [0.3, 0.4) is 0 Å². The van der Waals surface area contributed by atoms with Crippen molar-refractivity contribution in [1.82, 2.24) is 15.5 Å². The smallest absolute Gasteiger partial charge is 0.408 e. The van der Waals surface area contributed by atoms with Gasteiger partial charge >= 0.3 is 6.09 Å². The molecule has 228 valence electrons. The third-order valence-corrected chi connectivity index (χ3v) is 10.9. The van der Waals surface area contributed by atoms with Crippen LogP contribution in [-0.4, -0.2) is 65.3 Å². The summed E-state index contributed by atoms with van der Waals surface area (Å²) in [5, 5.41) is 5.77. The Balaban J connectivity index is 1.33. The molecular weight excluding hydrogens is 524 g/mol. The number of amides is 4. The van der Waals surface area contributed by atoms with Gasteiger partial charge in [-0.05, 0) is 74.0 Å². The molecule has 0 aromatic rings. The maximum atomic E-state index is 14.3. The molecule has 5 rings (SSSR count). The van der Waals surface area contributed by atoms with Gasteiger partial charge in [-0.25, -0.2) is 4.79 Å². The standard InChI is InChI=1S/C31H48N4O6/c1-31(2)21-17-35(25(23(21)31)28(38)33-22(26(36)27(32)37)16-18-10-9-11-18)29(39)24(19-12-5-3-6-13-19)34-30(40)41-20-14-7-4-8-15-20/h18-25H,3-17H2,1-2H3,(H2,32,37)(H,33,38)(H,34,40)/t21?,22?,23-,24-,25-/m0/s1. The first kappa shape index (κ1) is 29.8. The summed E-state index contributed by atoms with van der Waals surface area (Å²) >= 11 is 0. The van der Waals surface area contributed by atoms with Crippen LogP contribution in [0.25, 0.3) is 0 Å². The molecule has 0 aromatic heterocycles. The molecular formula is C31H48N4O6. The summed E-state index contributed by atoms with van der Waals surface area (Å²) in [6.45, 7) is 4.63. The van der Waals surface area contributed by atoms with Crippen molar-refractivity contribution in [2.75, 3.05) is 6.54 Å². The molecule has 0 radical (unpaired) electrons. The molecule has 5 atom stereocenters. The number of primary amides is 1. The van der Waals surface area contributed by atoms with E-state index in [-0.39, 0.29) is 41.1 Å². The number of fused-ring (bicyclic) bond motifs is 1. The number of piperidine rings is 1. The largest absolute Gasteiger partial charge is 0.446 e. The van der Waals surface area contributed by atoms with E-state index in [4.69, 9.17) is 10.5 Å². The Kier molecular flexibility index (Phi) is 8.95. The maximum absolute atomic E-state index is 14.3. The van der Waals surface area contributed by atoms with E-state index in [0.29, 0.717) is 13.0 Å². The summed E-state index contributed by atoms with van der Waals surface area (Å²) in [5.74, 6) is -2.17. The van der Waals surface area contributed by atoms with E-state index in [1.807, 2.05) is 0 Å². The molecule has 41 heavy (non-hydrogen) atoms. The number of carbonyl (C=O) groups excluding carboxylic acids is 5. The van der Waals surface area contributed by atoms with Crippen molar-refractivity contribution in [3.63, 3.8) is 0 Å². The van der Waals surface area contributed by atoms with Crippen molar-refractivity contribution in [2.24, 2.45) is 34.8 Å². The normalized spacial score (nSPS) is 29.4. The Hall–Kier alpha value is -2.65. The van der Waals surface area contributed by atoms with E-state index in [2.05, 4.69) is 24.5 Å². The SMILES string of the molecule is CC1(C)C2CN(C(=O)[C@@H](NC(=O)OC3CCCCC3)C3CCCCC3)[C@H](C(=O)NC(CC3CCC3)C(=O)C(N)=O)[C@H]21. The number of hydrogen-bond donors (Lipinski definition) is 3. The highest BCUT2D eigenvalue weighted by Gasteiger charge is 2.69. The van der Waals surface area contributed by atoms with Gasteiger partial charge in [-0.3, -0.25) is 19.2 Å². The van der Waals surface area contributed by atoms with Gasteiger partial charge in [0.2, 0.25) is 17.6 Å². The first-order valence-corrected chi connectivity index (χ1v) is 16.0. The Bertz CT molecular complexity index is 1030. The minimum atomic E-state index is -1.06. The number of nitrogens with two attached hydrogens (primary N) is 1. The van der Waals surface area contributed by atoms with Crippen LogP contribution in [0.2, 0.25) is 0 Å². The van der Waals surface area contributed by atoms with Crippen molar-refractivity contribution in [1.29, 1.82) is 0 Å². The molecule has 1 heterocycles. The molecule has 5 aliphatic rings. The molecule has 10 heteroatoms. The van der Waals surface area contributed by atoms with Crippen molar-refractivity contribution < 1.29 is 28.7 Å². The fourth-order valence-corrected chi connectivity index (χ4v) is 8.06. The van der Waals surface area contributed by atoms with Gasteiger partial charge in [-0.2, -0.15) is 0 Å². The zero-order valence-electron chi connectivity index (χ0n) is 24.7. The van der Waals surface area contributed by atoms with E-state index >= 15 is 0 Å². The maximum Gasteiger partial charge on any atom is 0.408 e. The quantitative estimate of drug-likeness (QED) is 0.343. The predicted molar refractivity (Wildman–Crippen MR) is 151 cm³/mol. The molecule has 4 amide bonds. The number of nitrogens with zero attached hydrogens (tertiary/aromatic N) is 1. The van der Waals surface area contributed by atoms with Crippen LogP contribution in [0.4, 0.5) is 4.79 Å². The highest BCUT2D eigenvalue weighted by Crippen LogP contribution is 2.65. The molecule has 1 aliphatic heterocycles. The van der Waals surface area contributed by atoms with Crippen LogP contribution in [0, 0.1) is 29.1 Å². The minimum absolute atomic E-state index is 0.0217. The number of hydrogen-bond acceptors (Lipinski definition) is 6. The van der Waals surface area contributed by atoms with Crippen LogP contribution in [0.5, 0.6) is 0 Å². The monoisotopic (exact) mass is 572 g/mol. The van der Waals surface area contributed by atoms with Crippen molar-refractivity contribution in [3.8, 4) is 0 Å². The van der Waals surface area contributed by atoms with Gasteiger partial charge in [0, 0.05) is 6.54 Å². The fraction of sp³-hybridized carbons (Fsp3) is 0.839. The number of nitrogens with one attached hydrogen (secondary N) is 2. The Morgan fingerprint density at radius 2 is 1.51 bits per heavy atom. The lowest BCUT2D eigenvalue weighted by atomic mass is 9.80. The van der Waals surface area contributed by atoms with Crippen LogP contribution in [0.1, 0.15) is 104 Å². The van der Waals surface area contributed by atoms with Gasteiger partial charge in [0.15, 0.2) is 0 Å². The van der Waals surface area contributed by atoms with Gasteiger partial charge in [0.1, 0.15) is 18.2 Å². The number of likely N-dealkylation sites (tertiary alicyclic amines) is 1. The van der Waals surface area contributed by atoms with E-state index in [1.165, 1.54) is 0 Å². The molecule has 4 N–H and O–H groups in total. The summed E-state index contributed by atoms with van der Waals surface area (Å²) < 4.78 is 5.74. The first-order valence-electron chi connectivity index (χ1n) is 16.0. The average Bonchev–Trinajstić information content (AvgIpc) is 3.25. The average molecular weight is 573 g/mol. The van der Waals surface area contributed by atoms with E-state index in [9.17, 15) is 24.0 Å². The topological polar surface area (TPSA) is 148 Å². The second-order valence-corrected chi connectivity index (χ2v) is 13.9. The molecule has 1 saturated heterocycles. The van der Waals surface area contributed by atoms with Crippen LogP contribution < -0.4 is 16.4 Å². The second-order valence-electron chi connectivity index (χ2n) is 13.9. The second kappa shape index (κ2) is 12.3. The van der Waals surface area contributed by atoms with Gasteiger partial charge in [-0.15, -0.1) is 0 Å². The van der Waals surface area contributed by atoms with Crippen LogP contribution in [-0.2, 0) is 23.9 Å². The van der Waals surface area contributed by atoms with Crippen LogP contribution >= 0.6 is 0 Å². The summed E-state index contributed by atoms with van der Waals surface area (Å²) in [6, 6.07) is -2.52. The lowest BCUT2D eigenvalue weighted by molar-refractivity contribution is -0.144. The Labute approximate surface area is 243 Å². The van der Waals surface area contributed by atoms with E-state index in [0.717, 1.165) is 83.5 Å². The van der Waals surface area contributed by atoms with E-state index in [1.54, 1.807) is 4.90 Å². The molecule has 2 unspecified atom stereocenters. The molecule has 4 aliphatic carbocycles. The van der Waals surface area contributed by atoms with Crippen LogP contribution in [0.15, 0.2) is 0 Å². The van der Waals surface area contributed by atoms with Gasteiger partial charge < -0.3 is 26.0 Å². The highest BCUT2D eigenvalue weighted by atomic mass is 16.6. The minimum Gasteiger partial charge on any atom is -0.446 e. The number of alkyl carbamates (subject to hydrolysis) is 1. The third kappa shape index (κ3) is 6.41. The fourth-order valence-electron chi connectivity index (χ4n) is 8.06. The molecule has 5 fully saturated rings. The van der Waals surface area contributed by atoms with Gasteiger partial charge in [0.05, 0.1) is 6.04 Å². The molecule has 10 nitrogen and oxygen atoms in total. The zero-order chi connectivity index (χ0) is 29.3. The molecule has 0 spiro atoms. The number of ether oxygens (including phenoxy) is 1. The lowest BCUT2D eigenvalue weighted by Crippen LogP contribution is -2.59. The summed E-state index contributed by atoms with van der Waals surface area (Å²) in [4.78, 5) is 67.3. The third-order valence-electron chi connectivity index (χ3n) is 10.9. The zero-order valence-corrected chi connectivity index (χ0v) is 24.7. The molecule has 0 aromatic carbocycles. The number of rotatable bonds is 10. The molecule has 4 saturated carbocycles. The number of ketones is 1. The van der Waals surface area contributed by atoms with Gasteiger partial charge in [-0.1, -0.05) is 58.8 Å². The first-order chi connectivity index (χ1) is 19.6. The molecule has 0 bridgehead atoms. The Morgan fingerprint density at radius 1 is 0.878 bits per heavy atom. The summed E-state index contributed by atoms with van der Waals surface area (Å²) in [6.07, 6.45) is 12.3. The van der Waals surface area contributed by atoms with E-state index < -0.39 is 41.8 Å². The lowest BCUT2D eigenvalue weighted by Gasteiger charge is -2.37. The van der Waals surface area contributed by atoms with Crippen molar-refractivity contribution in [3.05, 3.63) is 0 Å². The highest BCUT2D eigenvalue weighted by molar-refractivity contribution is 6.37. The summed E-state index contributed by atoms with van der Waals surface area (Å²) in [5.41, 5.74) is 5.21. The summed E-state index contributed by atoms with van der Waals surface area (Å²) in [7, 11) is 0. The van der Waals surface area contributed by atoms with Gasteiger partial charge in [0.25, 0.3) is 5.91 Å².